The fourth-order valence-electron chi connectivity index (χ4n) is 1.41. The van der Waals surface area contributed by atoms with Crippen LogP contribution < -0.4 is 0 Å². The van der Waals surface area contributed by atoms with E-state index in [1.807, 2.05) is 24.3 Å². The Labute approximate surface area is 93.9 Å². The van der Waals surface area contributed by atoms with Gasteiger partial charge < -0.3 is 4.98 Å². The zero-order valence-electron chi connectivity index (χ0n) is 8.90. The summed E-state index contributed by atoms with van der Waals surface area (Å²) in [7, 11) is -3.29. The van der Waals surface area contributed by atoms with Crippen LogP contribution in [0.5, 0.6) is 0 Å². The molecule has 0 saturated carbocycles. The molecule has 1 aromatic heterocycles. The Morgan fingerprint density at radius 3 is 2.75 bits per heavy atom. The van der Waals surface area contributed by atoms with E-state index in [1.165, 1.54) is 0 Å². The van der Waals surface area contributed by atoms with Crippen molar-refractivity contribution in [2.24, 2.45) is 0 Å². The van der Waals surface area contributed by atoms with E-state index < -0.39 is 9.84 Å². The van der Waals surface area contributed by atoms with E-state index in [0.29, 0.717) is 5.82 Å². The van der Waals surface area contributed by atoms with Crippen LogP contribution in [0.1, 0.15) is 12.7 Å². The van der Waals surface area contributed by atoms with Crippen LogP contribution in [0.4, 0.5) is 0 Å². The Kier molecular flexibility index (Phi) is 2.55. The maximum absolute atomic E-state index is 11.6. The van der Waals surface area contributed by atoms with Crippen molar-refractivity contribution in [2.75, 3.05) is 5.75 Å². The van der Waals surface area contributed by atoms with Crippen molar-refractivity contribution in [1.29, 1.82) is 0 Å². The molecule has 0 bridgehead atoms. The molecule has 0 aliphatic heterocycles. The highest BCUT2D eigenvalue weighted by Crippen LogP contribution is 2.20. The van der Waals surface area contributed by atoms with Gasteiger partial charge >= 0.3 is 0 Å². The second kappa shape index (κ2) is 3.75. The number of H-pyrrole nitrogens is 1. The predicted molar refractivity (Wildman–Crippen MR) is 64.6 cm³/mol. The average Bonchev–Trinajstić information content (AvgIpc) is 2.71. The molecule has 84 valence electrons. The highest BCUT2D eigenvalue weighted by molar-refractivity contribution is 8.00. The molecule has 1 aromatic carbocycles. The van der Waals surface area contributed by atoms with Gasteiger partial charge in [-0.05, 0) is 12.1 Å². The molecule has 0 aliphatic rings. The van der Waals surface area contributed by atoms with Crippen LogP contribution in [0.25, 0.3) is 15.9 Å². The first-order valence-electron chi connectivity index (χ1n) is 4.91. The van der Waals surface area contributed by atoms with E-state index in [0.717, 1.165) is 11.0 Å². The highest BCUT2D eigenvalue weighted by Gasteiger charge is 2.18. The van der Waals surface area contributed by atoms with E-state index in [9.17, 15) is 8.42 Å². The molecule has 1 heterocycles. The monoisotopic (exact) mass is 236 g/mol. The Balaban J connectivity index is 2.53. The minimum absolute atomic E-state index is 0.0306. The van der Waals surface area contributed by atoms with Gasteiger partial charge in [0.25, 0.3) is 0 Å². The second-order valence-corrected chi connectivity index (χ2v) is 5.73. The summed E-state index contributed by atoms with van der Waals surface area (Å²) in [6, 6.07) is 7.38. The van der Waals surface area contributed by atoms with Gasteiger partial charge in [-0.15, -0.1) is 0 Å². The Morgan fingerprint density at radius 1 is 1.44 bits per heavy atom. The van der Waals surface area contributed by atoms with Crippen molar-refractivity contribution in [3.05, 3.63) is 36.7 Å². The third kappa shape index (κ3) is 1.74. The van der Waals surface area contributed by atoms with Gasteiger partial charge in [0, 0.05) is 0 Å². The van der Waals surface area contributed by atoms with E-state index >= 15 is 0 Å². The van der Waals surface area contributed by atoms with Gasteiger partial charge in [-0.1, -0.05) is 25.6 Å². The van der Waals surface area contributed by atoms with E-state index in [4.69, 9.17) is 0 Å². The number of aromatic amines is 1. The molecular weight excluding hydrogens is 224 g/mol. The molecule has 0 saturated heterocycles. The van der Waals surface area contributed by atoms with Gasteiger partial charge in [0.1, 0.15) is 10.7 Å². The minimum Gasteiger partial charge on any atom is -0.337 e. The van der Waals surface area contributed by atoms with Gasteiger partial charge in [0.05, 0.1) is 16.8 Å². The van der Waals surface area contributed by atoms with Crippen molar-refractivity contribution in [3.63, 3.8) is 0 Å². The van der Waals surface area contributed by atoms with E-state index in [1.54, 1.807) is 6.92 Å². The quantitative estimate of drug-likeness (QED) is 0.886. The molecule has 5 heteroatoms. The maximum Gasteiger partial charge on any atom is 0.181 e. The van der Waals surface area contributed by atoms with Crippen LogP contribution in [0.2, 0.25) is 0 Å². The van der Waals surface area contributed by atoms with Crippen molar-refractivity contribution in [1.82, 2.24) is 9.97 Å². The largest absolute Gasteiger partial charge is 0.337 e. The zero-order valence-corrected chi connectivity index (χ0v) is 9.71. The first-order valence-corrected chi connectivity index (χ1v) is 6.56. The molecule has 2 rings (SSSR count). The lowest BCUT2D eigenvalue weighted by atomic mass is 10.3. The molecule has 0 unspecified atom stereocenters. The van der Waals surface area contributed by atoms with Crippen LogP contribution >= 0.6 is 0 Å². The average molecular weight is 236 g/mol. The summed E-state index contributed by atoms with van der Waals surface area (Å²) in [5.41, 5.74) is 1.55. The number of rotatable bonds is 3. The summed E-state index contributed by atoms with van der Waals surface area (Å²) in [6.07, 6.45) is 0. The van der Waals surface area contributed by atoms with Gasteiger partial charge in [0.2, 0.25) is 0 Å². The summed E-state index contributed by atoms with van der Waals surface area (Å²) in [5, 5.41) is 0. The highest BCUT2D eigenvalue weighted by atomic mass is 32.2. The predicted octanol–water partition coefficient (Wildman–Crippen LogP) is 1.97. The maximum atomic E-state index is 11.6. The number of sulfone groups is 1. The lowest BCUT2D eigenvalue weighted by Gasteiger charge is -2.00. The lowest BCUT2D eigenvalue weighted by molar-refractivity contribution is 0.607. The first-order chi connectivity index (χ1) is 7.54. The number of aromatic nitrogens is 2. The summed E-state index contributed by atoms with van der Waals surface area (Å²) in [4.78, 5) is 7.19. The molecule has 0 fully saturated rings. The SMILES string of the molecule is C=C(c1nc2ccccc2[nH]1)S(=O)(=O)CC. The Morgan fingerprint density at radius 2 is 2.12 bits per heavy atom. The van der Waals surface area contributed by atoms with Gasteiger partial charge in [-0.25, -0.2) is 13.4 Å². The molecule has 16 heavy (non-hydrogen) atoms. The minimum atomic E-state index is -3.29. The zero-order chi connectivity index (χ0) is 11.8. The number of hydrogen-bond acceptors (Lipinski definition) is 3. The van der Waals surface area contributed by atoms with Crippen molar-refractivity contribution in [2.45, 2.75) is 6.92 Å². The fraction of sp³-hybridized carbons (Fsp3) is 0.182. The molecule has 2 aromatic rings. The number of para-hydroxylation sites is 2. The summed E-state index contributed by atoms with van der Waals surface area (Å²) in [6.45, 7) is 5.17. The van der Waals surface area contributed by atoms with Crippen LogP contribution in [0.15, 0.2) is 30.8 Å². The fourth-order valence-corrected chi connectivity index (χ4v) is 2.15. The Hall–Kier alpha value is -1.62. The second-order valence-electron chi connectivity index (χ2n) is 3.43. The van der Waals surface area contributed by atoms with Gasteiger partial charge in [0.15, 0.2) is 9.84 Å². The summed E-state index contributed by atoms with van der Waals surface area (Å²) in [5.74, 6) is 0.353. The van der Waals surface area contributed by atoms with E-state index in [2.05, 4.69) is 16.5 Å². The van der Waals surface area contributed by atoms with Gasteiger partial charge in [-0.3, -0.25) is 0 Å². The third-order valence-corrected chi connectivity index (χ3v) is 4.11. The topological polar surface area (TPSA) is 62.8 Å². The number of benzene rings is 1. The van der Waals surface area contributed by atoms with Crippen LogP contribution in [0.3, 0.4) is 0 Å². The summed E-state index contributed by atoms with van der Waals surface area (Å²) < 4.78 is 23.2. The van der Waals surface area contributed by atoms with Crippen molar-refractivity contribution < 1.29 is 8.42 Å². The van der Waals surface area contributed by atoms with Crippen molar-refractivity contribution >= 4 is 25.8 Å². The molecule has 0 radical (unpaired) electrons. The molecular formula is C11H12N2O2S. The molecule has 0 aliphatic carbocycles. The van der Waals surface area contributed by atoms with Gasteiger partial charge in [-0.2, -0.15) is 0 Å². The molecule has 4 nitrogen and oxygen atoms in total. The van der Waals surface area contributed by atoms with Crippen LogP contribution in [-0.4, -0.2) is 24.1 Å². The molecule has 0 amide bonds. The smallest absolute Gasteiger partial charge is 0.181 e. The molecule has 0 atom stereocenters. The van der Waals surface area contributed by atoms with Crippen LogP contribution in [0, 0.1) is 0 Å². The molecule has 1 N–H and O–H groups in total. The first kappa shape index (κ1) is 10.9. The lowest BCUT2D eigenvalue weighted by Crippen LogP contribution is -2.05. The normalized spacial score (nSPS) is 11.8. The number of hydrogen-bond donors (Lipinski definition) is 1. The number of imidazole rings is 1. The Bertz CT molecular complexity index is 608. The third-order valence-electron chi connectivity index (χ3n) is 2.41. The number of nitrogens with zero attached hydrogens (tertiary/aromatic N) is 1. The standard InChI is InChI=1S/C11H12N2O2S/c1-3-16(14,15)8(2)11-12-9-6-4-5-7-10(9)13-11/h4-7H,2-3H2,1H3,(H,12,13). The number of fused-ring (bicyclic) bond motifs is 1. The van der Waals surface area contributed by atoms with E-state index in [-0.39, 0.29) is 10.7 Å². The van der Waals surface area contributed by atoms with Crippen molar-refractivity contribution in [3.8, 4) is 0 Å². The summed E-state index contributed by atoms with van der Waals surface area (Å²) >= 11 is 0. The molecule has 0 spiro atoms. The number of nitrogens with one attached hydrogen (secondary N) is 1. The van der Waals surface area contributed by atoms with Crippen LogP contribution in [-0.2, 0) is 9.84 Å².